The second kappa shape index (κ2) is 13.7. The van der Waals surface area contributed by atoms with Crippen LogP contribution in [-0.2, 0) is 22.6 Å². The molecular formula is C26H35ClN2O4. The van der Waals surface area contributed by atoms with Crippen molar-refractivity contribution in [2.75, 3.05) is 19.8 Å². The van der Waals surface area contributed by atoms with Gasteiger partial charge in [-0.3, -0.25) is 9.59 Å². The predicted octanol–water partition coefficient (Wildman–Crippen LogP) is 5.01. The Kier molecular flexibility index (Phi) is 11.0. The maximum absolute atomic E-state index is 13.3. The van der Waals surface area contributed by atoms with Crippen LogP contribution in [0.3, 0.4) is 0 Å². The molecule has 6 nitrogen and oxygen atoms in total. The Balaban J connectivity index is 2.15. The van der Waals surface area contributed by atoms with Gasteiger partial charge in [0, 0.05) is 24.5 Å². The lowest BCUT2D eigenvalue weighted by Gasteiger charge is -2.29. The number of nitrogens with one attached hydrogen (secondary N) is 1. The number of benzene rings is 2. The summed E-state index contributed by atoms with van der Waals surface area (Å²) in [5, 5.41) is 3.52. The second-order valence-electron chi connectivity index (χ2n) is 7.76. The molecule has 2 aromatic carbocycles. The minimum absolute atomic E-state index is 0.0871. The Morgan fingerprint density at radius 2 is 1.61 bits per heavy atom. The Bertz CT molecular complexity index is 902. The van der Waals surface area contributed by atoms with Crippen LogP contribution >= 0.6 is 11.6 Å². The normalized spacial score (nSPS) is 11.5. The molecule has 1 N–H and O–H groups in total. The van der Waals surface area contributed by atoms with Crippen LogP contribution in [0.4, 0.5) is 0 Å². The molecule has 2 amide bonds. The fourth-order valence-corrected chi connectivity index (χ4v) is 3.54. The zero-order valence-corrected chi connectivity index (χ0v) is 20.8. The maximum Gasteiger partial charge on any atom is 0.242 e. The van der Waals surface area contributed by atoms with Crippen molar-refractivity contribution in [2.24, 2.45) is 0 Å². The van der Waals surface area contributed by atoms with Crippen molar-refractivity contribution in [1.29, 1.82) is 0 Å². The van der Waals surface area contributed by atoms with Crippen molar-refractivity contribution in [3.05, 3.63) is 58.6 Å². The number of aryl methyl sites for hydroxylation is 1. The number of hydrogen-bond donors (Lipinski definition) is 1. The molecule has 0 fully saturated rings. The van der Waals surface area contributed by atoms with Crippen LogP contribution in [0.1, 0.15) is 51.7 Å². The standard InChI is InChI=1S/C26H35ClN2O4/c1-5-16-28-26(31)19(4)29(18-21-8-12-22(27)13-9-21)25(30)15-11-20-10-14-23(32-6-2)24(17-20)33-7-3/h8-10,12-14,17,19H,5-7,11,15-16,18H2,1-4H3,(H,28,31). The molecule has 0 radical (unpaired) electrons. The number of hydrogen-bond acceptors (Lipinski definition) is 4. The van der Waals surface area contributed by atoms with Gasteiger partial charge in [-0.1, -0.05) is 36.7 Å². The first-order valence-electron chi connectivity index (χ1n) is 11.6. The number of ether oxygens (including phenoxy) is 2. The highest BCUT2D eigenvalue weighted by Crippen LogP contribution is 2.29. The van der Waals surface area contributed by atoms with Crippen LogP contribution in [0.25, 0.3) is 0 Å². The number of rotatable bonds is 13. The number of amides is 2. The molecule has 1 unspecified atom stereocenters. The second-order valence-corrected chi connectivity index (χ2v) is 8.20. The molecule has 180 valence electrons. The van der Waals surface area contributed by atoms with Crippen molar-refractivity contribution >= 4 is 23.4 Å². The van der Waals surface area contributed by atoms with E-state index in [2.05, 4.69) is 5.32 Å². The van der Waals surface area contributed by atoms with Gasteiger partial charge in [0.05, 0.1) is 13.2 Å². The third-order valence-corrected chi connectivity index (χ3v) is 5.47. The monoisotopic (exact) mass is 474 g/mol. The lowest BCUT2D eigenvalue weighted by Crippen LogP contribution is -2.47. The topological polar surface area (TPSA) is 67.9 Å². The van der Waals surface area contributed by atoms with Crippen LogP contribution in [0.5, 0.6) is 11.5 Å². The number of carbonyl (C=O) groups excluding carboxylic acids is 2. The van der Waals surface area contributed by atoms with Gasteiger partial charge in [0.15, 0.2) is 11.5 Å². The largest absolute Gasteiger partial charge is 0.490 e. The molecule has 0 spiro atoms. The summed E-state index contributed by atoms with van der Waals surface area (Å²) >= 11 is 6.00. The summed E-state index contributed by atoms with van der Waals surface area (Å²) in [6, 6.07) is 12.5. The van der Waals surface area contributed by atoms with Crippen LogP contribution in [-0.4, -0.2) is 42.5 Å². The Morgan fingerprint density at radius 1 is 0.970 bits per heavy atom. The smallest absolute Gasteiger partial charge is 0.242 e. The minimum Gasteiger partial charge on any atom is -0.490 e. The molecule has 0 aliphatic carbocycles. The zero-order chi connectivity index (χ0) is 24.2. The molecule has 1 atom stereocenters. The van der Waals surface area contributed by atoms with Crippen molar-refractivity contribution in [3.63, 3.8) is 0 Å². The molecule has 0 aliphatic heterocycles. The quantitative estimate of drug-likeness (QED) is 0.443. The van der Waals surface area contributed by atoms with Gasteiger partial charge < -0.3 is 19.7 Å². The Morgan fingerprint density at radius 3 is 2.24 bits per heavy atom. The highest BCUT2D eigenvalue weighted by Gasteiger charge is 2.25. The summed E-state index contributed by atoms with van der Waals surface area (Å²) in [5.74, 6) is 1.13. The first-order valence-corrected chi connectivity index (χ1v) is 12.0. The average Bonchev–Trinajstić information content (AvgIpc) is 2.81. The first-order chi connectivity index (χ1) is 15.9. The highest BCUT2D eigenvalue weighted by atomic mass is 35.5. The van der Waals surface area contributed by atoms with Gasteiger partial charge >= 0.3 is 0 Å². The van der Waals surface area contributed by atoms with E-state index >= 15 is 0 Å². The number of nitrogens with zero attached hydrogens (tertiary/aromatic N) is 1. The zero-order valence-electron chi connectivity index (χ0n) is 20.0. The molecule has 2 rings (SSSR count). The van der Waals surface area contributed by atoms with Gasteiger partial charge in [0.2, 0.25) is 11.8 Å². The summed E-state index contributed by atoms with van der Waals surface area (Å²) in [6.45, 7) is 9.61. The molecular weight excluding hydrogens is 440 g/mol. The number of carbonyl (C=O) groups is 2. The van der Waals surface area contributed by atoms with Gasteiger partial charge in [-0.25, -0.2) is 0 Å². The maximum atomic E-state index is 13.3. The van der Waals surface area contributed by atoms with E-state index in [0.29, 0.717) is 49.2 Å². The van der Waals surface area contributed by atoms with E-state index in [4.69, 9.17) is 21.1 Å². The molecule has 7 heteroatoms. The van der Waals surface area contributed by atoms with E-state index in [-0.39, 0.29) is 18.2 Å². The van der Waals surface area contributed by atoms with E-state index in [9.17, 15) is 9.59 Å². The lowest BCUT2D eigenvalue weighted by molar-refractivity contribution is -0.140. The van der Waals surface area contributed by atoms with Crippen molar-refractivity contribution < 1.29 is 19.1 Å². The van der Waals surface area contributed by atoms with Crippen molar-refractivity contribution in [2.45, 2.75) is 59.5 Å². The summed E-state index contributed by atoms with van der Waals surface area (Å²) in [6.07, 6.45) is 1.65. The highest BCUT2D eigenvalue weighted by molar-refractivity contribution is 6.30. The van der Waals surface area contributed by atoms with Crippen molar-refractivity contribution in [1.82, 2.24) is 10.2 Å². The van der Waals surface area contributed by atoms with Crippen LogP contribution < -0.4 is 14.8 Å². The van der Waals surface area contributed by atoms with E-state index in [1.807, 2.05) is 51.1 Å². The van der Waals surface area contributed by atoms with Gasteiger partial charge in [0.25, 0.3) is 0 Å². The van der Waals surface area contributed by atoms with Crippen LogP contribution in [0, 0.1) is 0 Å². The molecule has 33 heavy (non-hydrogen) atoms. The molecule has 0 heterocycles. The summed E-state index contributed by atoms with van der Waals surface area (Å²) in [7, 11) is 0. The van der Waals surface area contributed by atoms with Gasteiger partial charge in [-0.15, -0.1) is 0 Å². The predicted molar refractivity (Wildman–Crippen MR) is 132 cm³/mol. The SMILES string of the molecule is CCCNC(=O)C(C)N(Cc1ccc(Cl)cc1)C(=O)CCc1ccc(OCC)c(OCC)c1. The van der Waals surface area contributed by atoms with E-state index < -0.39 is 6.04 Å². The summed E-state index contributed by atoms with van der Waals surface area (Å²) in [4.78, 5) is 27.5. The molecule has 0 saturated carbocycles. The van der Waals surface area contributed by atoms with E-state index in [0.717, 1.165) is 17.5 Å². The van der Waals surface area contributed by atoms with E-state index in [1.165, 1.54) is 0 Å². The van der Waals surface area contributed by atoms with E-state index in [1.54, 1.807) is 24.0 Å². The average molecular weight is 475 g/mol. The van der Waals surface area contributed by atoms with Gasteiger partial charge in [0.1, 0.15) is 6.04 Å². The fourth-order valence-electron chi connectivity index (χ4n) is 3.41. The Hall–Kier alpha value is -2.73. The molecule has 2 aromatic rings. The molecule has 0 bridgehead atoms. The third kappa shape index (κ3) is 8.28. The number of halogens is 1. The molecule has 0 saturated heterocycles. The molecule has 0 aromatic heterocycles. The minimum atomic E-state index is -0.584. The summed E-state index contributed by atoms with van der Waals surface area (Å²) < 4.78 is 11.3. The third-order valence-electron chi connectivity index (χ3n) is 5.22. The Labute approximate surface area is 202 Å². The van der Waals surface area contributed by atoms with Crippen molar-refractivity contribution in [3.8, 4) is 11.5 Å². The summed E-state index contributed by atoms with van der Waals surface area (Å²) in [5.41, 5.74) is 1.90. The fraction of sp³-hybridized carbons (Fsp3) is 0.462. The molecule has 0 aliphatic rings. The first kappa shape index (κ1) is 26.5. The lowest BCUT2D eigenvalue weighted by atomic mass is 10.1. The van der Waals surface area contributed by atoms with Gasteiger partial charge in [-0.05, 0) is 69.0 Å². The van der Waals surface area contributed by atoms with Gasteiger partial charge in [-0.2, -0.15) is 0 Å². The van der Waals surface area contributed by atoms with Crippen LogP contribution in [0.2, 0.25) is 5.02 Å². The van der Waals surface area contributed by atoms with Crippen LogP contribution in [0.15, 0.2) is 42.5 Å².